The minimum Gasteiger partial charge on any atom is -0.497 e. The van der Waals surface area contributed by atoms with Crippen molar-refractivity contribution in [1.29, 1.82) is 0 Å². The molecule has 2 atom stereocenters. The van der Waals surface area contributed by atoms with Crippen molar-refractivity contribution >= 4 is 6.01 Å². The summed E-state index contributed by atoms with van der Waals surface area (Å²) in [7, 11) is 1.62. The molecule has 0 aliphatic heterocycles. The van der Waals surface area contributed by atoms with Gasteiger partial charge in [0, 0.05) is 18.0 Å². The van der Waals surface area contributed by atoms with Crippen molar-refractivity contribution in [3.8, 4) is 17.1 Å². The Morgan fingerprint density at radius 1 is 1.43 bits per heavy atom. The molecule has 3 rings (SSSR count). The van der Waals surface area contributed by atoms with Crippen molar-refractivity contribution in [2.24, 2.45) is 5.92 Å². The highest BCUT2D eigenvalue weighted by Crippen LogP contribution is 2.26. The third-order valence-electron chi connectivity index (χ3n) is 3.89. The molecule has 1 heterocycles. The zero-order valence-corrected chi connectivity index (χ0v) is 12.0. The Bertz CT molecular complexity index is 599. The van der Waals surface area contributed by atoms with Gasteiger partial charge in [-0.15, -0.1) is 0 Å². The minimum atomic E-state index is -0.224. The first kappa shape index (κ1) is 13.9. The standard InChI is InChI=1S/C15H19N3O3/c1-20-12-6-2-4-10(8-12)14-17-15(21-18-14)16-9-11-5-3-7-13(11)19/h2,4,6,8,11,13,19H,3,5,7,9H2,1H3,(H,16,17,18). The molecular formula is C15H19N3O3. The molecule has 1 aliphatic carbocycles. The first-order valence-corrected chi connectivity index (χ1v) is 7.16. The molecule has 1 fully saturated rings. The summed E-state index contributed by atoms with van der Waals surface area (Å²) in [6, 6.07) is 7.89. The van der Waals surface area contributed by atoms with Gasteiger partial charge in [-0.1, -0.05) is 23.7 Å². The summed E-state index contributed by atoms with van der Waals surface area (Å²) in [6.45, 7) is 0.654. The van der Waals surface area contributed by atoms with E-state index >= 15 is 0 Å². The number of anilines is 1. The van der Waals surface area contributed by atoms with Gasteiger partial charge in [-0.25, -0.2) is 0 Å². The predicted molar refractivity (Wildman–Crippen MR) is 78.1 cm³/mol. The van der Waals surface area contributed by atoms with E-state index in [2.05, 4.69) is 15.5 Å². The minimum absolute atomic E-state index is 0.224. The first-order chi connectivity index (χ1) is 10.3. The number of hydrogen-bond donors (Lipinski definition) is 2. The summed E-state index contributed by atoms with van der Waals surface area (Å²) in [6.07, 6.45) is 2.76. The van der Waals surface area contributed by atoms with Crippen LogP contribution in [0.5, 0.6) is 5.75 Å². The molecule has 6 nitrogen and oxygen atoms in total. The molecule has 0 bridgehead atoms. The molecule has 6 heteroatoms. The lowest BCUT2D eigenvalue weighted by atomic mass is 10.1. The van der Waals surface area contributed by atoms with E-state index in [9.17, 15) is 5.11 Å². The van der Waals surface area contributed by atoms with Gasteiger partial charge >= 0.3 is 6.01 Å². The molecule has 1 aliphatic rings. The fraction of sp³-hybridized carbons (Fsp3) is 0.467. The lowest BCUT2D eigenvalue weighted by Crippen LogP contribution is -2.21. The highest BCUT2D eigenvalue weighted by Gasteiger charge is 2.25. The Hall–Kier alpha value is -2.08. The largest absolute Gasteiger partial charge is 0.497 e. The maximum atomic E-state index is 9.79. The van der Waals surface area contributed by atoms with E-state index in [0.29, 0.717) is 18.4 Å². The Balaban J connectivity index is 1.65. The predicted octanol–water partition coefficient (Wildman–Crippen LogP) is 2.32. The number of methoxy groups -OCH3 is 1. The number of rotatable bonds is 5. The molecule has 1 aromatic carbocycles. The number of nitrogens with zero attached hydrogens (tertiary/aromatic N) is 2. The normalized spacial score (nSPS) is 21.4. The molecule has 1 aromatic heterocycles. The second-order valence-corrected chi connectivity index (χ2v) is 5.29. The van der Waals surface area contributed by atoms with Crippen LogP contribution in [0.4, 0.5) is 6.01 Å². The zero-order valence-electron chi connectivity index (χ0n) is 12.0. The Morgan fingerprint density at radius 2 is 2.33 bits per heavy atom. The average molecular weight is 289 g/mol. The maximum absolute atomic E-state index is 9.79. The van der Waals surface area contributed by atoms with Crippen LogP contribution >= 0.6 is 0 Å². The SMILES string of the molecule is COc1cccc(-c2noc(NCC3CCCC3O)n2)c1. The van der Waals surface area contributed by atoms with Crippen LogP contribution in [-0.4, -0.2) is 35.0 Å². The molecule has 112 valence electrons. The van der Waals surface area contributed by atoms with E-state index in [1.165, 1.54) is 0 Å². The van der Waals surface area contributed by atoms with Gasteiger partial charge in [-0.05, 0) is 25.0 Å². The summed E-state index contributed by atoms with van der Waals surface area (Å²) < 4.78 is 10.4. The van der Waals surface area contributed by atoms with E-state index in [-0.39, 0.29) is 12.0 Å². The van der Waals surface area contributed by atoms with E-state index in [0.717, 1.165) is 30.6 Å². The average Bonchev–Trinajstić information content (AvgIpc) is 3.14. The van der Waals surface area contributed by atoms with Gasteiger partial charge in [0.05, 0.1) is 13.2 Å². The number of nitrogens with one attached hydrogen (secondary N) is 1. The molecule has 0 amide bonds. The number of benzene rings is 1. The van der Waals surface area contributed by atoms with Gasteiger partial charge in [0.1, 0.15) is 5.75 Å². The van der Waals surface area contributed by atoms with Crippen LogP contribution in [0.2, 0.25) is 0 Å². The molecule has 0 saturated heterocycles. The molecular weight excluding hydrogens is 270 g/mol. The number of aliphatic hydroxyl groups is 1. The molecule has 2 unspecified atom stereocenters. The van der Waals surface area contributed by atoms with Gasteiger partial charge in [0.2, 0.25) is 5.82 Å². The highest BCUT2D eigenvalue weighted by atomic mass is 16.5. The smallest absolute Gasteiger partial charge is 0.321 e. The van der Waals surface area contributed by atoms with Gasteiger partial charge in [0.25, 0.3) is 0 Å². The second kappa shape index (κ2) is 6.13. The first-order valence-electron chi connectivity index (χ1n) is 7.16. The lowest BCUT2D eigenvalue weighted by Gasteiger charge is -2.13. The monoisotopic (exact) mass is 289 g/mol. The highest BCUT2D eigenvalue weighted by molar-refractivity contribution is 5.57. The van der Waals surface area contributed by atoms with Crippen molar-refractivity contribution in [2.45, 2.75) is 25.4 Å². The van der Waals surface area contributed by atoms with Crippen molar-refractivity contribution in [1.82, 2.24) is 10.1 Å². The fourth-order valence-electron chi connectivity index (χ4n) is 2.65. The van der Waals surface area contributed by atoms with Crippen LogP contribution in [0.25, 0.3) is 11.4 Å². The molecule has 0 radical (unpaired) electrons. The summed E-state index contributed by atoms with van der Waals surface area (Å²) in [5.41, 5.74) is 0.840. The van der Waals surface area contributed by atoms with Crippen molar-refractivity contribution in [3.05, 3.63) is 24.3 Å². The van der Waals surface area contributed by atoms with Crippen molar-refractivity contribution in [3.63, 3.8) is 0 Å². The second-order valence-electron chi connectivity index (χ2n) is 5.29. The molecule has 21 heavy (non-hydrogen) atoms. The van der Waals surface area contributed by atoms with Crippen LogP contribution in [-0.2, 0) is 0 Å². The van der Waals surface area contributed by atoms with Crippen LogP contribution in [0.15, 0.2) is 28.8 Å². The van der Waals surface area contributed by atoms with Crippen molar-refractivity contribution < 1.29 is 14.4 Å². The van der Waals surface area contributed by atoms with Crippen LogP contribution in [0.1, 0.15) is 19.3 Å². The van der Waals surface area contributed by atoms with Crippen LogP contribution < -0.4 is 10.1 Å². The molecule has 2 N–H and O–H groups in total. The Morgan fingerprint density at radius 3 is 3.10 bits per heavy atom. The van der Waals surface area contributed by atoms with Gasteiger partial charge in [-0.2, -0.15) is 4.98 Å². The Kier molecular flexibility index (Phi) is 4.06. The molecule has 1 saturated carbocycles. The number of aliphatic hydroxyl groups excluding tert-OH is 1. The van der Waals surface area contributed by atoms with Gasteiger partial charge < -0.3 is 19.7 Å². The topological polar surface area (TPSA) is 80.4 Å². The van der Waals surface area contributed by atoms with Crippen LogP contribution in [0.3, 0.4) is 0 Å². The number of aromatic nitrogens is 2. The van der Waals surface area contributed by atoms with Gasteiger partial charge in [0.15, 0.2) is 0 Å². The summed E-state index contributed by atoms with van der Waals surface area (Å²) in [5, 5.41) is 16.9. The van der Waals surface area contributed by atoms with Gasteiger partial charge in [-0.3, -0.25) is 0 Å². The summed E-state index contributed by atoms with van der Waals surface area (Å²) in [5.74, 6) is 1.53. The summed E-state index contributed by atoms with van der Waals surface area (Å²) >= 11 is 0. The van der Waals surface area contributed by atoms with Crippen molar-refractivity contribution in [2.75, 3.05) is 19.0 Å². The van der Waals surface area contributed by atoms with E-state index in [1.54, 1.807) is 7.11 Å². The third-order valence-corrected chi connectivity index (χ3v) is 3.89. The quantitative estimate of drug-likeness (QED) is 0.879. The number of ether oxygens (including phenoxy) is 1. The molecule has 0 spiro atoms. The Labute approximate surface area is 123 Å². The maximum Gasteiger partial charge on any atom is 0.321 e. The third kappa shape index (κ3) is 3.16. The van der Waals surface area contributed by atoms with E-state index < -0.39 is 0 Å². The van der Waals surface area contributed by atoms with Crippen LogP contribution in [0, 0.1) is 5.92 Å². The molecule has 2 aromatic rings. The zero-order chi connectivity index (χ0) is 14.7. The fourth-order valence-corrected chi connectivity index (χ4v) is 2.65. The number of hydrogen-bond acceptors (Lipinski definition) is 6. The summed E-state index contributed by atoms with van der Waals surface area (Å²) in [4.78, 5) is 4.32. The van der Waals surface area contributed by atoms with E-state index in [4.69, 9.17) is 9.26 Å². The van der Waals surface area contributed by atoms with E-state index in [1.807, 2.05) is 24.3 Å². The lowest BCUT2D eigenvalue weighted by molar-refractivity contribution is 0.138.